The molecule has 0 atom stereocenters. The Bertz CT molecular complexity index is 165. The molecule has 0 bridgehead atoms. The number of hydrogen-bond donors (Lipinski definition) is 1. The molecule has 0 spiro atoms. The van der Waals surface area contributed by atoms with Crippen LogP contribution in [0.1, 0.15) is 13.8 Å². The lowest BCUT2D eigenvalue weighted by molar-refractivity contribution is 1.02. The monoisotopic (exact) mass is 165 g/mol. The van der Waals surface area contributed by atoms with Crippen LogP contribution in [-0.2, 0) is 0 Å². The zero-order valence-electron chi connectivity index (χ0n) is 8.35. The first kappa shape index (κ1) is 13.4. The molecule has 0 unspecified atom stereocenters. The van der Waals surface area contributed by atoms with E-state index in [1.165, 1.54) is 0 Å². The predicted octanol–water partition coefficient (Wildman–Crippen LogP) is 3.04. The molecule has 0 aliphatic rings. The van der Waals surface area contributed by atoms with Gasteiger partial charge in [-0.05, 0) is 11.6 Å². The van der Waals surface area contributed by atoms with Gasteiger partial charge in [0.05, 0.1) is 0 Å². The van der Waals surface area contributed by atoms with Gasteiger partial charge in [-0.1, -0.05) is 45.7 Å². The molecule has 0 aliphatic carbocycles. The highest BCUT2D eigenvalue weighted by Crippen LogP contribution is 2.03. The maximum atomic E-state index is 3.63. The van der Waals surface area contributed by atoms with Crippen molar-refractivity contribution in [3.05, 3.63) is 49.2 Å². The normalized spacial score (nSPS) is 6.92. The topological polar surface area (TPSA) is 12.0 Å². The van der Waals surface area contributed by atoms with E-state index < -0.39 is 0 Å². The number of likely N-dealkylation sites (N-methyl/N-ethyl adjacent to an activating group) is 1. The molecule has 68 valence electrons. The van der Waals surface area contributed by atoms with Crippen molar-refractivity contribution in [2.45, 2.75) is 13.8 Å². The molecule has 0 amide bonds. The third-order valence-corrected chi connectivity index (χ3v) is 1.22. The first-order valence-corrected chi connectivity index (χ1v) is 4.09. The summed E-state index contributed by atoms with van der Waals surface area (Å²) in [7, 11) is 1.84. The molecule has 1 heteroatoms. The Morgan fingerprint density at radius 2 is 1.42 bits per heavy atom. The van der Waals surface area contributed by atoms with Gasteiger partial charge in [-0.2, -0.15) is 0 Å². The third kappa shape index (κ3) is 4.56. The summed E-state index contributed by atoms with van der Waals surface area (Å²) in [6.45, 7) is 14.9. The summed E-state index contributed by atoms with van der Waals surface area (Å²) in [5.74, 6) is 0. The van der Waals surface area contributed by atoms with E-state index in [0.29, 0.717) is 0 Å². The lowest BCUT2D eigenvalue weighted by Gasteiger charge is -2.02. The van der Waals surface area contributed by atoms with E-state index in [0.717, 1.165) is 11.3 Å². The summed E-state index contributed by atoms with van der Waals surface area (Å²) < 4.78 is 0. The molecule has 0 aromatic rings. The molecule has 0 radical (unpaired) electrons. The Morgan fingerprint density at radius 3 is 1.50 bits per heavy atom. The van der Waals surface area contributed by atoms with Crippen LogP contribution in [0.15, 0.2) is 49.2 Å². The van der Waals surface area contributed by atoms with Gasteiger partial charge in [0.15, 0.2) is 0 Å². The van der Waals surface area contributed by atoms with E-state index in [2.05, 4.69) is 25.1 Å². The van der Waals surface area contributed by atoms with Crippen molar-refractivity contribution in [3.63, 3.8) is 0 Å². The molecule has 0 aromatic heterocycles. The summed E-state index contributed by atoms with van der Waals surface area (Å²) in [4.78, 5) is 0. The van der Waals surface area contributed by atoms with E-state index in [-0.39, 0.29) is 0 Å². The number of hydrogen-bond acceptors (Lipinski definition) is 1. The largest absolute Gasteiger partial charge is 0.388 e. The Balaban J connectivity index is 0. The van der Waals surface area contributed by atoms with Crippen LogP contribution < -0.4 is 5.32 Å². The molecular formula is C11H19N. The van der Waals surface area contributed by atoms with Gasteiger partial charge in [-0.3, -0.25) is 0 Å². The highest BCUT2D eigenvalue weighted by molar-refractivity contribution is 5.37. The molecule has 0 aliphatic heterocycles. The first-order valence-electron chi connectivity index (χ1n) is 4.09. The second-order valence-electron chi connectivity index (χ2n) is 1.73. The minimum absolute atomic E-state index is 0.949. The second-order valence-corrected chi connectivity index (χ2v) is 1.73. The molecule has 1 N–H and O–H groups in total. The minimum Gasteiger partial charge on any atom is -0.388 e. The van der Waals surface area contributed by atoms with E-state index in [1.807, 2.05) is 20.9 Å². The number of rotatable bonds is 4. The van der Waals surface area contributed by atoms with Crippen LogP contribution in [0, 0.1) is 0 Å². The summed E-state index contributed by atoms with van der Waals surface area (Å²) in [5.41, 5.74) is 1.92. The maximum Gasteiger partial charge on any atom is 0.0404 e. The Hall–Kier alpha value is -1.24. The highest BCUT2D eigenvalue weighted by atomic mass is 14.8. The average molecular weight is 165 g/mol. The van der Waals surface area contributed by atoms with Gasteiger partial charge in [0.1, 0.15) is 0 Å². The first-order chi connectivity index (χ1) is 5.79. The van der Waals surface area contributed by atoms with E-state index in [9.17, 15) is 0 Å². The van der Waals surface area contributed by atoms with Gasteiger partial charge in [0.25, 0.3) is 0 Å². The van der Waals surface area contributed by atoms with Crippen LogP contribution in [0.4, 0.5) is 0 Å². The fourth-order valence-electron chi connectivity index (χ4n) is 0.667. The van der Waals surface area contributed by atoms with Crippen molar-refractivity contribution < 1.29 is 0 Å². The van der Waals surface area contributed by atoms with Crippen molar-refractivity contribution in [3.8, 4) is 0 Å². The summed E-state index contributed by atoms with van der Waals surface area (Å²) in [6, 6.07) is 0. The Morgan fingerprint density at radius 1 is 1.00 bits per heavy atom. The molecule has 0 fully saturated rings. The van der Waals surface area contributed by atoms with Gasteiger partial charge >= 0.3 is 0 Å². The highest BCUT2D eigenvalue weighted by Gasteiger charge is 1.90. The fourth-order valence-corrected chi connectivity index (χ4v) is 0.667. The fraction of sp³-hybridized carbons (Fsp3) is 0.273. The second kappa shape index (κ2) is 9.76. The molecule has 0 heterocycles. The molecule has 0 saturated heterocycles. The summed E-state index contributed by atoms with van der Waals surface area (Å²) >= 11 is 0. The zero-order chi connectivity index (χ0) is 9.98. The van der Waals surface area contributed by atoms with Crippen LogP contribution in [0.25, 0.3) is 0 Å². The molecule has 0 rings (SSSR count). The minimum atomic E-state index is 0.949. The predicted molar refractivity (Wildman–Crippen MR) is 58.0 cm³/mol. The van der Waals surface area contributed by atoms with E-state index >= 15 is 0 Å². The van der Waals surface area contributed by atoms with Gasteiger partial charge in [0, 0.05) is 12.7 Å². The molecule has 1 nitrogen and oxygen atoms in total. The smallest absolute Gasteiger partial charge is 0.0404 e. The quantitative estimate of drug-likeness (QED) is 0.631. The van der Waals surface area contributed by atoms with Crippen molar-refractivity contribution >= 4 is 0 Å². The Kier molecular flexibility index (Phi) is 10.9. The van der Waals surface area contributed by atoms with Gasteiger partial charge in [-0.15, -0.1) is 0 Å². The van der Waals surface area contributed by atoms with Crippen molar-refractivity contribution in [2.75, 3.05) is 7.05 Å². The lowest BCUT2D eigenvalue weighted by Crippen LogP contribution is -2.04. The van der Waals surface area contributed by atoms with Crippen LogP contribution in [0.2, 0.25) is 0 Å². The van der Waals surface area contributed by atoms with Crippen molar-refractivity contribution in [1.29, 1.82) is 0 Å². The lowest BCUT2D eigenvalue weighted by atomic mass is 10.2. The third-order valence-electron chi connectivity index (χ3n) is 1.22. The van der Waals surface area contributed by atoms with Gasteiger partial charge < -0.3 is 5.32 Å². The van der Waals surface area contributed by atoms with Crippen LogP contribution in [0.5, 0.6) is 0 Å². The van der Waals surface area contributed by atoms with Crippen molar-refractivity contribution in [2.24, 2.45) is 0 Å². The average Bonchev–Trinajstić information content (AvgIpc) is 2.17. The molecule has 12 heavy (non-hydrogen) atoms. The van der Waals surface area contributed by atoms with Crippen LogP contribution >= 0.6 is 0 Å². The van der Waals surface area contributed by atoms with E-state index in [4.69, 9.17) is 0 Å². The number of allylic oxidation sites excluding steroid dienone is 4. The summed E-state index contributed by atoms with van der Waals surface area (Å²) in [5, 5.41) is 2.97. The SMILES string of the molecule is C=CC(C=C)=C(C=C)NC.CC. The van der Waals surface area contributed by atoms with Crippen LogP contribution in [0.3, 0.4) is 0 Å². The zero-order valence-corrected chi connectivity index (χ0v) is 8.35. The molecule has 0 aromatic carbocycles. The number of nitrogens with one attached hydrogen (secondary N) is 1. The van der Waals surface area contributed by atoms with Gasteiger partial charge in [-0.25, -0.2) is 0 Å². The Labute approximate surface area is 76.2 Å². The van der Waals surface area contributed by atoms with Crippen molar-refractivity contribution in [1.82, 2.24) is 5.32 Å². The van der Waals surface area contributed by atoms with E-state index in [1.54, 1.807) is 18.2 Å². The summed E-state index contributed by atoms with van der Waals surface area (Å²) in [6.07, 6.45) is 5.21. The molecule has 0 saturated carbocycles. The standard InChI is InChI=1S/C9H13N.C2H6/c1-5-8(6-2)9(7-3)10-4;1-2/h5-7,10H,1-3H2,4H3;1-2H3. The molecular weight excluding hydrogens is 146 g/mol. The van der Waals surface area contributed by atoms with Gasteiger partial charge in [0.2, 0.25) is 0 Å². The maximum absolute atomic E-state index is 3.63. The van der Waals surface area contributed by atoms with Crippen LogP contribution in [-0.4, -0.2) is 7.05 Å².